The molecule has 1 aliphatic rings. The van der Waals surface area contributed by atoms with Gasteiger partial charge in [-0.25, -0.2) is 0 Å². The van der Waals surface area contributed by atoms with Crippen LogP contribution in [0, 0.1) is 0 Å². The van der Waals surface area contributed by atoms with E-state index in [9.17, 15) is 9.90 Å². The first kappa shape index (κ1) is 19.3. The number of halogens is 1. The summed E-state index contributed by atoms with van der Waals surface area (Å²) in [5.41, 5.74) is 3.80. The maximum atomic E-state index is 13.5. The highest BCUT2D eigenvalue weighted by molar-refractivity contribution is 6.32. The van der Waals surface area contributed by atoms with Crippen molar-refractivity contribution in [2.24, 2.45) is 4.99 Å². The first-order valence-electron chi connectivity index (χ1n) is 9.95. The molecule has 0 saturated carbocycles. The molecule has 0 aromatic heterocycles. The molecule has 0 radical (unpaired) electrons. The Hall–Kier alpha value is -3.63. The number of carbonyl (C=O) groups excluding carboxylic acids is 1. The Kier molecular flexibility index (Phi) is 4.72. The van der Waals surface area contributed by atoms with Crippen LogP contribution < -0.4 is 4.90 Å². The number of phenolic OH excluding ortho intramolecular Hbond substituents is 1. The van der Waals surface area contributed by atoms with Crippen molar-refractivity contribution in [3.8, 4) is 5.75 Å². The average molecular weight is 427 g/mol. The second-order valence-electron chi connectivity index (χ2n) is 7.59. The highest BCUT2D eigenvalue weighted by atomic mass is 35.5. The number of hydrogen-bond donors (Lipinski definition) is 1. The van der Waals surface area contributed by atoms with E-state index in [4.69, 9.17) is 16.6 Å². The van der Waals surface area contributed by atoms with Crippen molar-refractivity contribution in [1.82, 2.24) is 0 Å². The number of carbonyl (C=O) groups is 1. The molecule has 1 N–H and O–H groups in total. The smallest absolute Gasteiger partial charge is 0.256 e. The van der Waals surface area contributed by atoms with Crippen LogP contribution in [0.4, 0.5) is 5.69 Å². The van der Waals surface area contributed by atoms with Crippen LogP contribution >= 0.6 is 11.6 Å². The molecule has 1 amide bonds. The lowest BCUT2D eigenvalue weighted by molar-refractivity contribution is -0.119. The highest BCUT2D eigenvalue weighted by Gasteiger charge is 2.31. The molecule has 4 aromatic carbocycles. The number of fused-ring (bicyclic) bond motifs is 2. The highest BCUT2D eigenvalue weighted by Crippen LogP contribution is 2.35. The molecule has 0 aliphatic carbocycles. The molecule has 1 atom stereocenters. The van der Waals surface area contributed by atoms with E-state index in [0.717, 1.165) is 33.2 Å². The summed E-state index contributed by atoms with van der Waals surface area (Å²) < 4.78 is 0. The van der Waals surface area contributed by atoms with E-state index in [1.807, 2.05) is 54.6 Å². The molecule has 0 spiro atoms. The van der Waals surface area contributed by atoms with E-state index in [1.54, 1.807) is 42.3 Å². The van der Waals surface area contributed by atoms with Gasteiger partial charge in [0.25, 0.3) is 5.91 Å². The van der Waals surface area contributed by atoms with Crippen LogP contribution in [0.2, 0.25) is 5.02 Å². The first-order valence-corrected chi connectivity index (χ1v) is 10.3. The van der Waals surface area contributed by atoms with Gasteiger partial charge in [0.1, 0.15) is 5.75 Å². The van der Waals surface area contributed by atoms with E-state index >= 15 is 0 Å². The molecule has 1 unspecified atom stereocenters. The average Bonchev–Trinajstić information content (AvgIpc) is 2.89. The second kappa shape index (κ2) is 7.56. The first-order chi connectivity index (χ1) is 15.0. The summed E-state index contributed by atoms with van der Waals surface area (Å²) in [7, 11) is 1.76. The molecular formula is C26H19ClN2O2. The normalized spacial score (nSPS) is 16.1. The number of aliphatic imine (C=N–C) groups is 1. The van der Waals surface area contributed by atoms with Gasteiger partial charge in [-0.1, -0.05) is 48.0 Å². The Bertz CT molecular complexity index is 1350. The molecule has 4 aromatic rings. The molecule has 4 nitrogen and oxygen atoms in total. The van der Waals surface area contributed by atoms with Crippen LogP contribution in [-0.4, -0.2) is 23.8 Å². The molecule has 0 bridgehead atoms. The van der Waals surface area contributed by atoms with Crippen LogP contribution in [0.3, 0.4) is 0 Å². The van der Waals surface area contributed by atoms with Gasteiger partial charge >= 0.3 is 0 Å². The van der Waals surface area contributed by atoms with Crippen LogP contribution in [0.15, 0.2) is 89.9 Å². The number of anilines is 1. The topological polar surface area (TPSA) is 52.9 Å². The molecule has 31 heavy (non-hydrogen) atoms. The molecule has 0 fully saturated rings. The number of benzene rings is 4. The standard InChI is InChI=1S/C26H19ClN2O2/c1-29-23-13-10-20(27)15-22(23)24(17-8-11-21(30)12-9-17)28-25(26(29)31)19-7-6-16-4-2-3-5-18(16)14-19/h2-15,25,30H,1H3. The van der Waals surface area contributed by atoms with Crippen LogP contribution in [-0.2, 0) is 4.79 Å². The third kappa shape index (κ3) is 3.45. The fourth-order valence-corrected chi connectivity index (χ4v) is 4.16. The monoisotopic (exact) mass is 426 g/mol. The quantitative estimate of drug-likeness (QED) is 0.443. The van der Waals surface area contributed by atoms with E-state index in [-0.39, 0.29) is 11.7 Å². The van der Waals surface area contributed by atoms with Crippen LogP contribution in [0.25, 0.3) is 10.8 Å². The SMILES string of the molecule is CN1C(=O)C(c2ccc3ccccc3c2)N=C(c2ccc(O)cc2)c2cc(Cl)ccc21. The van der Waals surface area contributed by atoms with Gasteiger partial charge < -0.3 is 10.0 Å². The summed E-state index contributed by atoms with van der Waals surface area (Å²) in [6, 6.07) is 25.6. The summed E-state index contributed by atoms with van der Waals surface area (Å²) in [4.78, 5) is 20.1. The van der Waals surface area contributed by atoms with Gasteiger partial charge in [0.2, 0.25) is 0 Å². The maximum Gasteiger partial charge on any atom is 0.256 e. The van der Waals surface area contributed by atoms with E-state index in [1.165, 1.54) is 0 Å². The van der Waals surface area contributed by atoms with Crippen molar-refractivity contribution in [3.05, 3.63) is 107 Å². The number of hydrogen-bond acceptors (Lipinski definition) is 3. The third-order valence-corrected chi connectivity index (χ3v) is 5.86. The van der Waals surface area contributed by atoms with Crippen LogP contribution in [0.1, 0.15) is 22.7 Å². The second-order valence-corrected chi connectivity index (χ2v) is 8.03. The lowest BCUT2D eigenvalue weighted by atomic mass is 9.99. The van der Waals surface area contributed by atoms with E-state index in [2.05, 4.69) is 0 Å². The van der Waals surface area contributed by atoms with Gasteiger partial charge in [-0.2, -0.15) is 0 Å². The predicted molar refractivity (Wildman–Crippen MR) is 125 cm³/mol. The number of aromatic hydroxyl groups is 1. The predicted octanol–water partition coefficient (Wildman–Crippen LogP) is 5.75. The Labute approximate surface area is 185 Å². The minimum atomic E-state index is -0.704. The Morgan fingerprint density at radius 3 is 2.42 bits per heavy atom. The van der Waals surface area contributed by atoms with Gasteiger partial charge in [0, 0.05) is 23.2 Å². The van der Waals surface area contributed by atoms with Gasteiger partial charge in [0.05, 0.1) is 11.4 Å². The van der Waals surface area contributed by atoms with Crippen molar-refractivity contribution < 1.29 is 9.90 Å². The number of nitrogens with zero attached hydrogens (tertiary/aromatic N) is 2. The van der Waals surface area contributed by atoms with Crippen molar-refractivity contribution in [2.45, 2.75) is 6.04 Å². The van der Waals surface area contributed by atoms with Gasteiger partial charge in [-0.05, 0) is 64.9 Å². The number of rotatable bonds is 2. The third-order valence-electron chi connectivity index (χ3n) is 5.63. The van der Waals surface area contributed by atoms with Crippen LogP contribution in [0.5, 0.6) is 5.75 Å². The minimum absolute atomic E-state index is 0.118. The van der Waals surface area contributed by atoms with E-state index < -0.39 is 6.04 Å². The largest absolute Gasteiger partial charge is 0.508 e. The molecule has 152 valence electrons. The zero-order chi connectivity index (χ0) is 21.5. The van der Waals surface area contributed by atoms with Gasteiger partial charge in [-0.3, -0.25) is 9.79 Å². The van der Waals surface area contributed by atoms with Gasteiger partial charge in [-0.15, -0.1) is 0 Å². The summed E-state index contributed by atoms with van der Waals surface area (Å²) in [5, 5.41) is 12.5. The molecular weight excluding hydrogens is 408 g/mol. The number of benzodiazepines with no additional fused rings is 1. The zero-order valence-electron chi connectivity index (χ0n) is 16.8. The van der Waals surface area contributed by atoms with Gasteiger partial charge in [0.15, 0.2) is 6.04 Å². The minimum Gasteiger partial charge on any atom is -0.508 e. The number of amides is 1. The molecule has 1 heterocycles. The fraction of sp³-hybridized carbons (Fsp3) is 0.0769. The number of likely N-dealkylation sites (N-methyl/N-ethyl adjacent to an activating group) is 1. The van der Waals surface area contributed by atoms with Crippen molar-refractivity contribution in [1.29, 1.82) is 0 Å². The summed E-state index contributed by atoms with van der Waals surface area (Å²) in [6.07, 6.45) is 0. The zero-order valence-corrected chi connectivity index (χ0v) is 17.5. The Morgan fingerprint density at radius 2 is 1.65 bits per heavy atom. The van der Waals surface area contributed by atoms with Crippen molar-refractivity contribution in [3.63, 3.8) is 0 Å². The molecule has 5 rings (SSSR count). The van der Waals surface area contributed by atoms with E-state index in [0.29, 0.717) is 10.7 Å². The van der Waals surface area contributed by atoms with Crippen molar-refractivity contribution in [2.75, 3.05) is 11.9 Å². The molecule has 5 heteroatoms. The maximum absolute atomic E-state index is 13.5. The summed E-state index contributed by atoms with van der Waals surface area (Å²) in [5.74, 6) is 0.0520. The molecule has 1 aliphatic heterocycles. The Balaban J connectivity index is 1.74. The fourth-order valence-electron chi connectivity index (χ4n) is 3.99. The number of phenols is 1. The summed E-state index contributed by atoms with van der Waals surface area (Å²) in [6.45, 7) is 0. The molecule has 0 saturated heterocycles. The van der Waals surface area contributed by atoms with Crippen molar-refractivity contribution >= 4 is 39.7 Å². The Morgan fingerprint density at radius 1 is 0.903 bits per heavy atom. The lowest BCUT2D eigenvalue weighted by Crippen LogP contribution is -2.30. The lowest BCUT2D eigenvalue weighted by Gasteiger charge is -2.21. The summed E-state index contributed by atoms with van der Waals surface area (Å²) >= 11 is 6.31.